The molecule has 1 aliphatic heterocycles. The Bertz CT molecular complexity index is 282. The fourth-order valence-corrected chi connectivity index (χ4v) is 3.31. The molecule has 0 amide bonds. The van der Waals surface area contributed by atoms with E-state index in [9.17, 15) is 0 Å². The van der Waals surface area contributed by atoms with Crippen LogP contribution in [0.4, 0.5) is 5.69 Å². The first-order valence-corrected chi connectivity index (χ1v) is 6.17. The van der Waals surface area contributed by atoms with E-state index in [1.54, 1.807) is 0 Å². The van der Waals surface area contributed by atoms with E-state index in [1.807, 2.05) is 24.2 Å². The Morgan fingerprint density at radius 2 is 2.50 bits per heavy atom. The number of thioether (sulfide) groups is 1. The van der Waals surface area contributed by atoms with Gasteiger partial charge in [-0.15, -0.1) is 0 Å². The average Bonchev–Trinajstić information content (AvgIpc) is 2.61. The van der Waals surface area contributed by atoms with Crippen LogP contribution in [0.15, 0.2) is 12.4 Å². The van der Waals surface area contributed by atoms with Gasteiger partial charge >= 0.3 is 0 Å². The van der Waals surface area contributed by atoms with Gasteiger partial charge in [0.2, 0.25) is 0 Å². The van der Waals surface area contributed by atoms with Crippen molar-refractivity contribution in [1.29, 1.82) is 0 Å². The SMILES string of the molecule is CC1(C)CCSCC1Nc1cn[nH]c1. The minimum Gasteiger partial charge on any atom is -0.378 e. The van der Waals surface area contributed by atoms with Crippen LogP contribution in [0, 0.1) is 5.41 Å². The molecule has 2 N–H and O–H groups in total. The van der Waals surface area contributed by atoms with Crippen molar-refractivity contribution < 1.29 is 0 Å². The Labute approximate surface area is 89.1 Å². The summed E-state index contributed by atoms with van der Waals surface area (Å²) in [6.07, 6.45) is 5.04. The number of aromatic amines is 1. The first kappa shape index (κ1) is 9.90. The number of hydrogen-bond acceptors (Lipinski definition) is 3. The number of rotatable bonds is 2. The van der Waals surface area contributed by atoms with Crippen molar-refractivity contribution in [3.8, 4) is 0 Å². The van der Waals surface area contributed by atoms with Crippen LogP contribution in [0.5, 0.6) is 0 Å². The van der Waals surface area contributed by atoms with Gasteiger partial charge in [0.25, 0.3) is 0 Å². The van der Waals surface area contributed by atoms with Crippen molar-refractivity contribution in [3.05, 3.63) is 12.4 Å². The molecule has 0 spiro atoms. The number of anilines is 1. The summed E-state index contributed by atoms with van der Waals surface area (Å²) in [5, 5.41) is 10.3. The maximum atomic E-state index is 3.94. The summed E-state index contributed by atoms with van der Waals surface area (Å²) in [4.78, 5) is 0. The summed E-state index contributed by atoms with van der Waals surface area (Å²) >= 11 is 2.03. The molecule has 4 heteroatoms. The molecular formula is C10H17N3S. The van der Waals surface area contributed by atoms with Gasteiger partial charge in [-0.05, 0) is 17.6 Å². The van der Waals surface area contributed by atoms with E-state index in [2.05, 4.69) is 29.4 Å². The van der Waals surface area contributed by atoms with E-state index in [1.165, 1.54) is 17.9 Å². The van der Waals surface area contributed by atoms with Crippen LogP contribution < -0.4 is 5.32 Å². The van der Waals surface area contributed by atoms with Crippen LogP contribution in [0.25, 0.3) is 0 Å². The van der Waals surface area contributed by atoms with Crippen LogP contribution >= 0.6 is 11.8 Å². The second-order valence-corrected chi connectivity index (χ2v) is 5.65. The van der Waals surface area contributed by atoms with Crippen LogP contribution in [0.1, 0.15) is 20.3 Å². The molecule has 1 fully saturated rings. The predicted molar refractivity (Wildman–Crippen MR) is 61.7 cm³/mol. The molecular weight excluding hydrogens is 194 g/mol. The maximum Gasteiger partial charge on any atom is 0.0726 e. The molecule has 0 aromatic carbocycles. The zero-order valence-electron chi connectivity index (χ0n) is 8.71. The lowest BCUT2D eigenvalue weighted by Gasteiger charge is -2.38. The first-order chi connectivity index (χ1) is 6.68. The highest BCUT2D eigenvalue weighted by Crippen LogP contribution is 2.35. The Morgan fingerprint density at radius 1 is 1.64 bits per heavy atom. The Kier molecular flexibility index (Phi) is 2.72. The van der Waals surface area contributed by atoms with Gasteiger partial charge in [-0.1, -0.05) is 13.8 Å². The third kappa shape index (κ3) is 2.05. The summed E-state index contributed by atoms with van der Waals surface area (Å²) in [6, 6.07) is 0.554. The zero-order chi connectivity index (χ0) is 10.0. The molecule has 1 atom stereocenters. The third-order valence-corrected chi connectivity index (χ3v) is 4.02. The largest absolute Gasteiger partial charge is 0.378 e. The van der Waals surface area contributed by atoms with Crippen molar-refractivity contribution in [3.63, 3.8) is 0 Å². The van der Waals surface area contributed by atoms with Crippen LogP contribution in [0.3, 0.4) is 0 Å². The number of hydrogen-bond donors (Lipinski definition) is 2. The van der Waals surface area contributed by atoms with Gasteiger partial charge in [0.05, 0.1) is 11.9 Å². The molecule has 0 bridgehead atoms. The highest BCUT2D eigenvalue weighted by atomic mass is 32.2. The molecule has 78 valence electrons. The fourth-order valence-electron chi connectivity index (χ4n) is 1.70. The maximum absolute atomic E-state index is 3.94. The average molecular weight is 211 g/mol. The summed E-state index contributed by atoms with van der Waals surface area (Å²) in [6.45, 7) is 4.68. The van der Waals surface area contributed by atoms with Crippen molar-refractivity contribution in [2.45, 2.75) is 26.3 Å². The highest BCUT2D eigenvalue weighted by Gasteiger charge is 2.32. The molecule has 1 aromatic heterocycles. The first-order valence-electron chi connectivity index (χ1n) is 5.01. The molecule has 2 heterocycles. The summed E-state index contributed by atoms with van der Waals surface area (Å²) < 4.78 is 0. The number of H-pyrrole nitrogens is 1. The van der Waals surface area contributed by atoms with Crippen molar-refractivity contribution >= 4 is 17.4 Å². The van der Waals surface area contributed by atoms with Crippen molar-refractivity contribution in [2.24, 2.45) is 5.41 Å². The number of nitrogens with one attached hydrogen (secondary N) is 2. The van der Waals surface area contributed by atoms with Gasteiger partial charge in [-0.2, -0.15) is 16.9 Å². The molecule has 2 rings (SSSR count). The summed E-state index contributed by atoms with van der Waals surface area (Å²) in [5.74, 6) is 2.48. The standard InChI is InChI=1S/C10H17N3S/c1-10(2)3-4-14-7-9(10)13-8-5-11-12-6-8/h5-6,9,13H,3-4,7H2,1-2H3,(H,11,12). The van der Waals surface area contributed by atoms with Crippen LogP contribution in [-0.2, 0) is 0 Å². The third-order valence-electron chi connectivity index (χ3n) is 2.96. The van der Waals surface area contributed by atoms with E-state index in [-0.39, 0.29) is 0 Å². The number of aromatic nitrogens is 2. The second kappa shape index (κ2) is 3.85. The Balaban J connectivity index is 2.02. The lowest BCUT2D eigenvalue weighted by molar-refractivity contribution is 0.305. The van der Waals surface area contributed by atoms with E-state index in [0.29, 0.717) is 11.5 Å². The molecule has 1 aliphatic rings. The minimum absolute atomic E-state index is 0.391. The van der Waals surface area contributed by atoms with Gasteiger partial charge in [0, 0.05) is 18.0 Å². The minimum atomic E-state index is 0.391. The van der Waals surface area contributed by atoms with E-state index < -0.39 is 0 Å². The molecule has 3 nitrogen and oxygen atoms in total. The smallest absolute Gasteiger partial charge is 0.0726 e. The predicted octanol–water partition coefficient (Wildman–Crippen LogP) is 2.35. The number of nitrogens with zero attached hydrogens (tertiary/aromatic N) is 1. The Morgan fingerprint density at radius 3 is 3.14 bits per heavy atom. The quantitative estimate of drug-likeness (QED) is 0.789. The highest BCUT2D eigenvalue weighted by molar-refractivity contribution is 7.99. The summed E-state index contributed by atoms with van der Waals surface area (Å²) in [7, 11) is 0. The van der Waals surface area contributed by atoms with Gasteiger partial charge in [-0.25, -0.2) is 0 Å². The zero-order valence-corrected chi connectivity index (χ0v) is 9.53. The van der Waals surface area contributed by atoms with Gasteiger partial charge in [0.1, 0.15) is 0 Å². The summed E-state index contributed by atoms with van der Waals surface area (Å²) in [5.41, 5.74) is 1.49. The molecule has 1 saturated heterocycles. The molecule has 0 aliphatic carbocycles. The van der Waals surface area contributed by atoms with E-state index >= 15 is 0 Å². The molecule has 1 aromatic rings. The second-order valence-electron chi connectivity index (χ2n) is 4.50. The van der Waals surface area contributed by atoms with Crippen molar-refractivity contribution in [1.82, 2.24) is 10.2 Å². The topological polar surface area (TPSA) is 40.7 Å². The van der Waals surface area contributed by atoms with Gasteiger partial charge < -0.3 is 5.32 Å². The van der Waals surface area contributed by atoms with E-state index in [0.717, 1.165) is 5.69 Å². The lowest BCUT2D eigenvalue weighted by Crippen LogP contribution is -2.41. The molecule has 0 saturated carbocycles. The van der Waals surface area contributed by atoms with Crippen LogP contribution in [-0.4, -0.2) is 27.7 Å². The fraction of sp³-hybridized carbons (Fsp3) is 0.700. The molecule has 1 unspecified atom stereocenters. The van der Waals surface area contributed by atoms with Crippen LogP contribution in [0.2, 0.25) is 0 Å². The molecule has 0 radical (unpaired) electrons. The van der Waals surface area contributed by atoms with Gasteiger partial charge in [-0.3, -0.25) is 5.10 Å². The van der Waals surface area contributed by atoms with E-state index in [4.69, 9.17) is 0 Å². The monoisotopic (exact) mass is 211 g/mol. The normalized spacial score (nSPS) is 26.0. The molecule has 14 heavy (non-hydrogen) atoms. The lowest BCUT2D eigenvalue weighted by atomic mass is 9.82. The Hall–Kier alpha value is -0.640. The van der Waals surface area contributed by atoms with Gasteiger partial charge in [0.15, 0.2) is 0 Å². The van der Waals surface area contributed by atoms with Crippen molar-refractivity contribution in [2.75, 3.05) is 16.8 Å².